The molecule has 0 atom stereocenters. The first kappa shape index (κ1) is 13.0. The second-order valence-corrected chi connectivity index (χ2v) is 7.66. The summed E-state index contributed by atoms with van der Waals surface area (Å²) in [7, 11) is 0. The lowest BCUT2D eigenvalue weighted by Gasteiger charge is -1.90. The maximum Gasteiger partial charge on any atom is 0.267 e. The molecule has 0 N–H and O–H groups in total. The van der Waals surface area contributed by atoms with Gasteiger partial charge in [-0.1, -0.05) is 23.5 Å². The summed E-state index contributed by atoms with van der Waals surface area (Å²) < 4.78 is 2.15. The van der Waals surface area contributed by atoms with Crippen molar-refractivity contribution < 1.29 is 4.57 Å². The first-order chi connectivity index (χ1) is 10.4. The molecule has 4 heterocycles. The molecule has 0 fully saturated rings. The van der Waals surface area contributed by atoms with Gasteiger partial charge in [0.25, 0.3) is 5.00 Å². The maximum absolute atomic E-state index is 2.23. The van der Waals surface area contributed by atoms with E-state index in [1.807, 2.05) is 28.7 Å². The van der Waals surface area contributed by atoms with Crippen molar-refractivity contribution in [3.63, 3.8) is 0 Å². The summed E-state index contributed by atoms with van der Waals surface area (Å²) in [5, 5.41) is 3.38. The minimum Gasteiger partial charge on any atom is -0.158 e. The van der Waals surface area contributed by atoms with Gasteiger partial charge in [0.15, 0.2) is 12.4 Å². The van der Waals surface area contributed by atoms with Crippen LogP contribution in [0.25, 0.3) is 24.5 Å². The van der Waals surface area contributed by atoms with E-state index < -0.39 is 0 Å². The first-order valence-electron chi connectivity index (χ1n) is 6.61. The van der Waals surface area contributed by atoms with Crippen molar-refractivity contribution in [1.82, 2.24) is 0 Å². The minimum atomic E-state index is 1.25. The molecule has 0 amide bonds. The Morgan fingerprint density at radius 3 is 2.10 bits per heavy atom. The van der Waals surface area contributed by atoms with Crippen molar-refractivity contribution in [3.05, 3.63) is 72.4 Å². The number of hydrogen-bond donors (Lipinski definition) is 0. The van der Waals surface area contributed by atoms with Crippen LogP contribution in [-0.2, 0) is 0 Å². The van der Waals surface area contributed by atoms with Crippen LogP contribution in [0.1, 0.15) is 0 Å². The van der Waals surface area contributed by atoms with Crippen LogP contribution in [-0.4, -0.2) is 0 Å². The normalized spacial score (nSPS) is 10.9. The Hall–Kier alpha value is -1.75. The average Bonchev–Trinajstić information content (AvgIpc) is 3.27. The largest absolute Gasteiger partial charge is 0.267 e. The minimum absolute atomic E-state index is 1.25. The lowest BCUT2D eigenvalue weighted by atomic mass is 10.3. The van der Waals surface area contributed by atoms with E-state index in [4.69, 9.17) is 0 Å². The Morgan fingerprint density at radius 2 is 1.33 bits per heavy atom. The van der Waals surface area contributed by atoms with Crippen molar-refractivity contribution in [1.29, 1.82) is 0 Å². The zero-order chi connectivity index (χ0) is 14.1. The van der Waals surface area contributed by atoms with Crippen LogP contribution in [0.3, 0.4) is 0 Å². The zero-order valence-electron chi connectivity index (χ0n) is 11.1. The summed E-state index contributed by atoms with van der Waals surface area (Å²) in [4.78, 5) is 5.36. The molecule has 0 saturated heterocycles. The van der Waals surface area contributed by atoms with Crippen LogP contribution < -0.4 is 4.57 Å². The number of hydrogen-bond acceptors (Lipinski definition) is 3. The van der Waals surface area contributed by atoms with E-state index in [1.54, 1.807) is 11.3 Å². The van der Waals surface area contributed by atoms with Gasteiger partial charge in [0.05, 0.1) is 4.88 Å². The van der Waals surface area contributed by atoms with E-state index in [1.165, 1.54) is 24.5 Å². The van der Waals surface area contributed by atoms with Crippen LogP contribution in [0, 0.1) is 0 Å². The third-order valence-electron chi connectivity index (χ3n) is 3.17. The summed E-state index contributed by atoms with van der Waals surface area (Å²) in [6, 6.07) is 19.3. The lowest BCUT2D eigenvalue weighted by Crippen LogP contribution is -2.27. The molecule has 1 nitrogen and oxygen atoms in total. The van der Waals surface area contributed by atoms with Gasteiger partial charge in [0, 0.05) is 32.8 Å². The van der Waals surface area contributed by atoms with Crippen LogP contribution in [0.15, 0.2) is 72.4 Å². The molecule has 0 radical (unpaired) electrons. The highest BCUT2D eigenvalue weighted by Gasteiger charge is 2.12. The molecule has 4 heteroatoms. The lowest BCUT2D eigenvalue weighted by molar-refractivity contribution is -0.591. The van der Waals surface area contributed by atoms with E-state index >= 15 is 0 Å². The fourth-order valence-corrected chi connectivity index (χ4v) is 5.07. The summed E-state index contributed by atoms with van der Waals surface area (Å²) >= 11 is 5.49. The van der Waals surface area contributed by atoms with Gasteiger partial charge >= 0.3 is 0 Å². The Bertz CT molecular complexity index is 841. The quantitative estimate of drug-likeness (QED) is 0.439. The van der Waals surface area contributed by atoms with Crippen LogP contribution in [0.5, 0.6) is 0 Å². The second kappa shape index (κ2) is 5.56. The standard InChI is InChI=1S/C17H12NS3/c1-2-10-18(11-3-1)17-9-8-16(21-17)15-7-6-14(20-15)13-5-4-12-19-13/h1-12H/q+1. The van der Waals surface area contributed by atoms with Gasteiger partial charge in [-0.3, -0.25) is 0 Å². The van der Waals surface area contributed by atoms with Gasteiger partial charge in [-0.2, -0.15) is 4.57 Å². The molecular formula is C17H12NS3+. The molecule has 4 aromatic heterocycles. The molecule has 102 valence electrons. The summed E-state index contributed by atoms with van der Waals surface area (Å²) in [5.74, 6) is 0. The monoisotopic (exact) mass is 326 g/mol. The van der Waals surface area contributed by atoms with Gasteiger partial charge in [-0.05, 0) is 29.6 Å². The fraction of sp³-hybridized carbons (Fsp3) is 0. The van der Waals surface area contributed by atoms with E-state index in [2.05, 4.69) is 70.9 Å². The summed E-state index contributed by atoms with van der Waals surface area (Å²) in [6.07, 6.45) is 4.17. The van der Waals surface area contributed by atoms with Crippen LogP contribution in [0.4, 0.5) is 0 Å². The van der Waals surface area contributed by atoms with E-state index in [0.29, 0.717) is 0 Å². The number of rotatable bonds is 3. The van der Waals surface area contributed by atoms with Crippen LogP contribution in [0.2, 0.25) is 0 Å². The molecule has 0 unspecified atom stereocenters. The fourth-order valence-electron chi connectivity index (χ4n) is 2.17. The third kappa shape index (κ3) is 2.58. The number of aromatic nitrogens is 1. The van der Waals surface area contributed by atoms with Crippen LogP contribution >= 0.6 is 34.0 Å². The molecule has 4 rings (SSSR count). The third-order valence-corrected chi connectivity index (χ3v) is 6.62. The molecule has 0 aliphatic heterocycles. The Kier molecular flexibility index (Phi) is 3.43. The van der Waals surface area contributed by atoms with E-state index in [9.17, 15) is 0 Å². The molecule has 0 aliphatic carbocycles. The summed E-state index contributed by atoms with van der Waals surface area (Å²) in [5.41, 5.74) is 0. The second-order valence-electron chi connectivity index (χ2n) is 4.56. The Morgan fingerprint density at radius 1 is 0.619 bits per heavy atom. The van der Waals surface area contributed by atoms with Gasteiger partial charge in [-0.15, -0.1) is 22.7 Å². The van der Waals surface area contributed by atoms with Crippen molar-refractivity contribution in [2.45, 2.75) is 0 Å². The highest BCUT2D eigenvalue weighted by Crippen LogP contribution is 2.38. The van der Waals surface area contributed by atoms with Gasteiger partial charge in [0.1, 0.15) is 0 Å². The van der Waals surface area contributed by atoms with E-state index in [-0.39, 0.29) is 0 Å². The molecular weight excluding hydrogens is 314 g/mol. The van der Waals surface area contributed by atoms with Gasteiger partial charge in [0.2, 0.25) is 0 Å². The van der Waals surface area contributed by atoms with E-state index in [0.717, 1.165) is 0 Å². The summed E-state index contributed by atoms with van der Waals surface area (Å²) in [6.45, 7) is 0. The zero-order valence-corrected chi connectivity index (χ0v) is 13.5. The molecule has 0 bridgehead atoms. The Balaban J connectivity index is 1.67. The molecule has 0 spiro atoms. The molecule has 0 aromatic carbocycles. The predicted octanol–water partition coefficient (Wildman–Crippen LogP) is 5.48. The predicted molar refractivity (Wildman–Crippen MR) is 92.5 cm³/mol. The number of pyridine rings is 1. The molecule has 0 saturated carbocycles. The highest BCUT2D eigenvalue weighted by atomic mass is 32.1. The SMILES string of the molecule is c1cc[n+](-c2ccc(-c3ccc(-c4cccs4)s3)s2)cc1. The molecule has 21 heavy (non-hydrogen) atoms. The first-order valence-corrected chi connectivity index (χ1v) is 9.12. The van der Waals surface area contributed by atoms with Crippen molar-refractivity contribution in [3.8, 4) is 24.5 Å². The topological polar surface area (TPSA) is 3.88 Å². The Labute approximate surface area is 135 Å². The van der Waals surface area contributed by atoms with Crippen molar-refractivity contribution >= 4 is 34.0 Å². The molecule has 4 aromatic rings. The molecule has 0 aliphatic rings. The van der Waals surface area contributed by atoms with Gasteiger partial charge < -0.3 is 0 Å². The van der Waals surface area contributed by atoms with Gasteiger partial charge in [-0.25, -0.2) is 0 Å². The smallest absolute Gasteiger partial charge is 0.158 e. The number of nitrogens with zero attached hydrogens (tertiary/aromatic N) is 1. The highest BCUT2D eigenvalue weighted by molar-refractivity contribution is 7.26. The van der Waals surface area contributed by atoms with Crippen molar-refractivity contribution in [2.75, 3.05) is 0 Å². The average molecular weight is 326 g/mol. The number of thiophene rings is 3. The van der Waals surface area contributed by atoms with Crippen molar-refractivity contribution in [2.24, 2.45) is 0 Å². The maximum atomic E-state index is 2.23.